The summed E-state index contributed by atoms with van der Waals surface area (Å²) in [6.45, 7) is 0.369. The Balaban J connectivity index is 2.25. The van der Waals surface area contributed by atoms with Crippen LogP contribution in [0.15, 0.2) is 0 Å². The van der Waals surface area contributed by atoms with Gasteiger partial charge in [0.05, 0.1) is 0 Å². The number of aliphatic hydroxyl groups is 1. The Labute approximate surface area is 74.6 Å². The number of rotatable bonds is 4. The van der Waals surface area contributed by atoms with Gasteiger partial charge >= 0.3 is 0 Å². The van der Waals surface area contributed by atoms with E-state index in [0.29, 0.717) is 6.61 Å². The second-order valence-electron chi connectivity index (χ2n) is 3.48. The number of hydrogen-bond donors (Lipinski definition) is 2. The van der Waals surface area contributed by atoms with E-state index in [1.807, 2.05) is 0 Å². The van der Waals surface area contributed by atoms with Crippen molar-refractivity contribution in [1.29, 1.82) is 0 Å². The van der Waals surface area contributed by atoms with Crippen LogP contribution in [0.4, 0.5) is 0 Å². The van der Waals surface area contributed by atoms with Crippen molar-refractivity contribution >= 4 is 12.6 Å². The van der Waals surface area contributed by atoms with Crippen LogP contribution < -0.4 is 0 Å². The smallest absolute Gasteiger partial charge is 0.0433 e. The minimum Gasteiger partial charge on any atom is -0.396 e. The molecule has 0 spiro atoms. The van der Waals surface area contributed by atoms with E-state index in [4.69, 9.17) is 5.11 Å². The summed E-state index contributed by atoms with van der Waals surface area (Å²) in [6.07, 6.45) is 6.32. The Kier molecular flexibility index (Phi) is 4.31. The molecule has 0 aliphatic heterocycles. The van der Waals surface area contributed by atoms with Crippen molar-refractivity contribution in [2.45, 2.75) is 32.1 Å². The first kappa shape index (κ1) is 9.40. The van der Waals surface area contributed by atoms with Gasteiger partial charge in [0.1, 0.15) is 0 Å². The van der Waals surface area contributed by atoms with E-state index >= 15 is 0 Å². The highest BCUT2D eigenvalue weighted by Gasteiger charge is 2.25. The predicted molar refractivity (Wildman–Crippen MR) is 51.0 cm³/mol. The monoisotopic (exact) mass is 174 g/mol. The van der Waals surface area contributed by atoms with Crippen LogP contribution in [0, 0.1) is 11.8 Å². The van der Waals surface area contributed by atoms with Crippen molar-refractivity contribution in [3.05, 3.63) is 0 Å². The van der Waals surface area contributed by atoms with Crippen LogP contribution in [0.25, 0.3) is 0 Å². The van der Waals surface area contributed by atoms with Crippen molar-refractivity contribution < 1.29 is 5.11 Å². The lowest BCUT2D eigenvalue weighted by Crippen LogP contribution is -2.10. The lowest BCUT2D eigenvalue weighted by atomic mass is 9.91. The standard InChI is InChI=1S/C9H18OS/c10-6-4-8-2-1-3-9(8)5-7-11/h8-11H,1-7H2. The van der Waals surface area contributed by atoms with Gasteiger partial charge in [0.15, 0.2) is 0 Å². The number of thiol groups is 1. The average molecular weight is 174 g/mol. The van der Waals surface area contributed by atoms with E-state index in [2.05, 4.69) is 12.6 Å². The van der Waals surface area contributed by atoms with Gasteiger partial charge in [-0.2, -0.15) is 12.6 Å². The molecule has 66 valence electrons. The molecule has 0 aromatic heterocycles. The quantitative estimate of drug-likeness (QED) is 0.625. The van der Waals surface area contributed by atoms with Gasteiger partial charge in [-0.05, 0) is 30.4 Å². The van der Waals surface area contributed by atoms with Crippen molar-refractivity contribution in [2.75, 3.05) is 12.4 Å². The van der Waals surface area contributed by atoms with Crippen LogP contribution in [0.2, 0.25) is 0 Å². The molecular weight excluding hydrogens is 156 g/mol. The zero-order valence-electron chi connectivity index (χ0n) is 7.00. The highest BCUT2D eigenvalue weighted by Crippen LogP contribution is 2.36. The summed E-state index contributed by atoms with van der Waals surface area (Å²) in [5, 5.41) is 8.79. The Bertz CT molecular complexity index is 93.7. The van der Waals surface area contributed by atoms with Crippen LogP contribution in [0.1, 0.15) is 32.1 Å². The molecule has 0 amide bonds. The maximum atomic E-state index is 8.79. The molecule has 1 N–H and O–H groups in total. The maximum absolute atomic E-state index is 8.79. The normalized spacial score (nSPS) is 31.1. The Morgan fingerprint density at radius 2 is 1.82 bits per heavy atom. The Morgan fingerprint density at radius 3 is 2.36 bits per heavy atom. The lowest BCUT2D eigenvalue weighted by molar-refractivity contribution is 0.233. The van der Waals surface area contributed by atoms with E-state index in [0.717, 1.165) is 24.0 Å². The molecule has 11 heavy (non-hydrogen) atoms. The van der Waals surface area contributed by atoms with Gasteiger partial charge in [-0.25, -0.2) is 0 Å². The van der Waals surface area contributed by atoms with Crippen LogP contribution >= 0.6 is 12.6 Å². The van der Waals surface area contributed by atoms with E-state index < -0.39 is 0 Å². The first-order chi connectivity index (χ1) is 5.38. The number of hydrogen-bond acceptors (Lipinski definition) is 2. The molecule has 0 aromatic carbocycles. The van der Waals surface area contributed by atoms with Gasteiger partial charge in [0.25, 0.3) is 0 Å². The highest BCUT2D eigenvalue weighted by molar-refractivity contribution is 7.80. The van der Waals surface area contributed by atoms with Crippen molar-refractivity contribution in [3.63, 3.8) is 0 Å². The summed E-state index contributed by atoms with van der Waals surface area (Å²) >= 11 is 4.24. The molecule has 1 rings (SSSR count). The molecule has 2 unspecified atom stereocenters. The van der Waals surface area contributed by atoms with Gasteiger partial charge in [-0.3, -0.25) is 0 Å². The van der Waals surface area contributed by atoms with Gasteiger partial charge in [0, 0.05) is 6.61 Å². The largest absolute Gasteiger partial charge is 0.396 e. The van der Waals surface area contributed by atoms with Gasteiger partial charge in [-0.15, -0.1) is 0 Å². The Hall–Kier alpha value is 0.310. The average Bonchev–Trinajstić information content (AvgIpc) is 2.39. The van der Waals surface area contributed by atoms with Crippen molar-refractivity contribution in [3.8, 4) is 0 Å². The van der Waals surface area contributed by atoms with E-state index in [9.17, 15) is 0 Å². The number of aliphatic hydroxyl groups excluding tert-OH is 1. The molecule has 0 bridgehead atoms. The van der Waals surface area contributed by atoms with E-state index in [1.165, 1.54) is 25.7 Å². The zero-order chi connectivity index (χ0) is 8.10. The topological polar surface area (TPSA) is 20.2 Å². The molecule has 1 nitrogen and oxygen atoms in total. The molecular formula is C9H18OS. The van der Waals surface area contributed by atoms with Crippen molar-refractivity contribution in [2.24, 2.45) is 11.8 Å². The molecule has 0 heterocycles. The molecule has 0 aromatic rings. The van der Waals surface area contributed by atoms with Gasteiger partial charge < -0.3 is 5.11 Å². The summed E-state index contributed by atoms with van der Waals surface area (Å²) in [5.41, 5.74) is 0. The third-order valence-corrected chi connectivity index (χ3v) is 3.07. The highest BCUT2D eigenvalue weighted by atomic mass is 32.1. The first-order valence-corrected chi connectivity index (χ1v) is 5.23. The molecule has 1 fully saturated rings. The molecule has 1 saturated carbocycles. The molecule has 1 aliphatic rings. The summed E-state index contributed by atoms with van der Waals surface area (Å²) in [7, 11) is 0. The summed E-state index contributed by atoms with van der Waals surface area (Å²) in [4.78, 5) is 0. The second kappa shape index (κ2) is 5.04. The third kappa shape index (κ3) is 2.68. The van der Waals surface area contributed by atoms with Gasteiger partial charge in [-0.1, -0.05) is 19.3 Å². The van der Waals surface area contributed by atoms with E-state index in [-0.39, 0.29) is 0 Å². The van der Waals surface area contributed by atoms with Crippen LogP contribution in [0.5, 0.6) is 0 Å². The fourth-order valence-corrected chi connectivity index (χ4v) is 2.54. The molecule has 2 atom stereocenters. The second-order valence-corrected chi connectivity index (χ2v) is 3.92. The minimum absolute atomic E-state index is 0.369. The first-order valence-electron chi connectivity index (χ1n) is 4.60. The summed E-state index contributed by atoms with van der Waals surface area (Å²) in [5.74, 6) is 2.67. The fraction of sp³-hybridized carbons (Fsp3) is 1.00. The van der Waals surface area contributed by atoms with Crippen molar-refractivity contribution in [1.82, 2.24) is 0 Å². The third-order valence-electron chi connectivity index (χ3n) is 2.82. The SMILES string of the molecule is OCCC1CCCC1CCS. The molecule has 0 radical (unpaired) electrons. The lowest BCUT2D eigenvalue weighted by Gasteiger charge is -2.16. The predicted octanol–water partition coefficient (Wildman–Crippen LogP) is 2.11. The Morgan fingerprint density at radius 1 is 1.18 bits per heavy atom. The maximum Gasteiger partial charge on any atom is 0.0433 e. The fourth-order valence-electron chi connectivity index (χ4n) is 2.21. The molecule has 1 aliphatic carbocycles. The summed E-state index contributed by atoms with van der Waals surface area (Å²) in [6, 6.07) is 0. The minimum atomic E-state index is 0.369. The van der Waals surface area contributed by atoms with Gasteiger partial charge in [0.2, 0.25) is 0 Å². The van der Waals surface area contributed by atoms with Crippen LogP contribution in [-0.2, 0) is 0 Å². The molecule has 2 heteroatoms. The summed E-state index contributed by atoms with van der Waals surface area (Å²) < 4.78 is 0. The van der Waals surface area contributed by atoms with E-state index in [1.54, 1.807) is 0 Å². The molecule has 0 saturated heterocycles. The van der Waals surface area contributed by atoms with Crippen LogP contribution in [-0.4, -0.2) is 17.5 Å². The van der Waals surface area contributed by atoms with Crippen LogP contribution in [0.3, 0.4) is 0 Å². The zero-order valence-corrected chi connectivity index (χ0v) is 7.89.